The smallest absolute Gasteiger partial charge is 0.339 e. The van der Waals surface area contributed by atoms with Crippen molar-refractivity contribution in [2.45, 2.75) is 73.1 Å². The topological polar surface area (TPSA) is 80.7 Å². The fourth-order valence-electron chi connectivity index (χ4n) is 8.41. The number of halogens is 2. The molecule has 6 rings (SSSR count). The second kappa shape index (κ2) is 11.2. The summed E-state index contributed by atoms with van der Waals surface area (Å²) in [6.07, 6.45) is 4.63. The van der Waals surface area contributed by atoms with Crippen LogP contribution < -0.4 is 0 Å². The zero-order valence-corrected chi connectivity index (χ0v) is 26.4. The molecule has 0 amide bonds. The van der Waals surface area contributed by atoms with Crippen LogP contribution in [0.4, 0.5) is 4.39 Å². The third-order valence-electron chi connectivity index (χ3n) is 10.6. The average Bonchev–Trinajstić information content (AvgIpc) is 3.27. The number of rotatable bonds is 6. The lowest BCUT2D eigenvalue weighted by Crippen LogP contribution is -2.69. The summed E-state index contributed by atoms with van der Waals surface area (Å²) in [5, 5.41) is 11.3. The Balaban J connectivity index is 1.31. The number of carbonyl (C=O) groups is 3. The maximum absolute atomic E-state index is 17.5. The van der Waals surface area contributed by atoms with E-state index in [4.69, 9.17) is 16.3 Å². The van der Waals surface area contributed by atoms with Crippen molar-refractivity contribution in [3.05, 3.63) is 84.0 Å². The molecule has 2 aromatic rings. The van der Waals surface area contributed by atoms with Crippen LogP contribution in [0.1, 0.15) is 56.3 Å². The minimum Gasteiger partial charge on any atom is -0.446 e. The number of hydrogen-bond donors (Lipinski definition) is 1. The number of aliphatic hydroxyl groups is 1. The molecule has 0 aromatic heterocycles. The van der Waals surface area contributed by atoms with E-state index in [1.54, 1.807) is 36.9 Å². The Morgan fingerprint density at radius 1 is 1.05 bits per heavy atom. The molecule has 9 heteroatoms. The quantitative estimate of drug-likeness (QED) is 0.258. The maximum Gasteiger partial charge on any atom is 0.339 e. The number of alkyl halides is 2. The van der Waals surface area contributed by atoms with Gasteiger partial charge in [-0.3, -0.25) is 9.59 Å². The molecule has 5 nitrogen and oxygen atoms in total. The first-order valence-electron chi connectivity index (χ1n) is 14.6. The molecule has 4 aliphatic rings. The van der Waals surface area contributed by atoms with E-state index in [9.17, 15) is 19.5 Å². The molecule has 0 heterocycles. The highest BCUT2D eigenvalue weighted by Crippen LogP contribution is 2.70. The largest absolute Gasteiger partial charge is 0.446 e. The van der Waals surface area contributed by atoms with Gasteiger partial charge in [0.05, 0.1) is 16.9 Å². The second-order valence-electron chi connectivity index (χ2n) is 12.5. The minimum absolute atomic E-state index is 0.0195. The summed E-state index contributed by atoms with van der Waals surface area (Å²) in [5.74, 6) is -1.73. The summed E-state index contributed by atoms with van der Waals surface area (Å²) >= 11 is 8.46. The lowest BCUT2D eigenvalue weighted by molar-refractivity contribution is -0.214. The number of hydrogen-bond acceptors (Lipinski definition) is 7. The Bertz CT molecular complexity index is 1510. The summed E-state index contributed by atoms with van der Waals surface area (Å²) in [4.78, 5) is 41.7. The van der Waals surface area contributed by atoms with Gasteiger partial charge in [0.15, 0.2) is 17.1 Å². The van der Waals surface area contributed by atoms with Crippen molar-refractivity contribution in [2.24, 2.45) is 22.7 Å². The first-order valence-corrected chi connectivity index (χ1v) is 16.9. The van der Waals surface area contributed by atoms with Crippen molar-refractivity contribution in [2.75, 3.05) is 5.21 Å². The Hall–Kier alpha value is -2.39. The van der Waals surface area contributed by atoms with Crippen LogP contribution in [0.25, 0.3) is 0 Å². The molecular weight excluding hydrogens is 607 g/mol. The minimum atomic E-state index is -2.03. The monoisotopic (exact) mass is 640 g/mol. The number of fused-ring (bicyclic) bond motifs is 5. The summed E-state index contributed by atoms with van der Waals surface area (Å²) in [6.45, 7) is 3.62. The van der Waals surface area contributed by atoms with Crippen LogP contribution >= 0.6 is 35.1 Å². The molecule has 3 unspecified atom stereocenters. The van der Waals surface area contributed by atoms with Crippen molar-refractivity contribution in [1.82, 2.24) is 0 Å². The number of ether oxygens (including phenoxy) is 1. The normalized spacial score (nSPS) is 36.3. The first-order chi connectivity index (χ1) is 20.5. The van der Waals surface area contributed by atoms with E-state index >= 15 is 4.39 Å². The van der Waals surface area contributed by atoms with Crippen LogP contribution in [0, 0.1) is 22.7 Å². The molecule has 0 bridgehead atoms. The highest BCUT2D eigenvalue weighted by atomic mass is 35.5. The van der Waals surface area contributed by atoms with Gasteiger partial charge in [-0.1, -0.05) is 60.3 Å². The summed E-state index contributed by atoms with van der Waals surface area (Å²) in [7, 11) is 0. The molecule has 0 radical (unpaired) electrons. The van der Waals surface area contributed by atoms with Gasteiger partial charge in [-0.05, 0) is 93.5 Å². The first kappa shape index (κ1) is 30.6. The van der Waals surface area contributed by atoms with E-state index in [1.807, 2.05) is 49.4 Å². The molecule has 1 N–H and O–H groups in total. The fourth-order valence-corrected chi connectivity index (χ4v) is 10.3. The van der Waals surface area contributed by atoms with Crippen LogP contribution in [0.2, 0.25) is 0 Å². The van der Waals surface area contributed by atoms with E-state index in [1.165, 1.54) is 12.2 Å². The molecule has 0 saturated heterocycles. The molecule has 3 saturated carbocycles. The van der Waals surface area contributed by atoms with Gasteiger partial charge in [-0.2, -0.15) is 0 Å². The number of aliphatic hydroxyl groups excluding tert-OH is 1. The van der Waals surface area contributed by atoms with Gasteiger partial charge in [0.2, 0.25) is 5.12 Å². The maximum atomic E-state index is 17.5. The number of esters is 1. The van der Waals surface area contributed by atoms with Gasteiger partial charge < -0.3 is 9.84 Å². The van der Waals surface area contributed by atoms with E-state index < -0.39 is 40.1 Å². The summed E-state index contributed by atoms with van der Waals surface area (Å²) in [6, 6.07) is 16.9. The third-order valence-corrected chi connectivity index (χ3v) is 12.7. The standard InChI is InChI=1S/C34H34ClFO5S2/c1-31-16-14-23(37)18-22(31)10-13-27-26-15-17-33(30(40)42-20-35,32(26,2)19-28(38)34(27,31)36)41-29(39)21-8-11-25(12-9-21)43-24-6-4-3-5-7-24/h3-9,11-12,14,16,18,26-28,38H,10,13,15,17,19-20H2,1-2H3/t26?,27?,28-,31-,32-,33-,34?/m0/s1. The van der Waals surface area contributed by atoms with E-state index in [0.717, 1.165) is 21.6 Å². The molecular formula is C34H34ClFO5S2. The van der Waals surface area contributed by atoms with Crippen LogP contribution in [0.15, 0.2) is 88.2 Å². The number of benzene rings is 2. The molecule has 0 spiro atoms. The molecule has 3 fully saturated rings. The highest BCUT2D eigenvalue weighted by molar-refractivity contribution is 8.14. The SMILES string of the molecule is C[C@]12C=CC(=O)C=C1CCC1C3CC[C@](OC(=O)c4ccc(Sc5ccccc5)cc4)(C(=O)SCCl)[C@@]3(C)C[C@H](O)C12F. The lowest BCUT2D eigenvalue weighted by atomic mass is 9.45. The predicted molar refractivity (Wildman–Crippen MR) is 167 cm³/mol. The van der Waals surface area contributed by atoms with Crippen molar-refractivity contribution >= 4 is 52.0 Å². The molecule has 7 atom stereocenters. The highest BCUT2D eigenvalue weighted by Gasteiger charge is 2.75. The second-order valence-corrected chi connectivity index (χ2v) is 15.2. The predicted octanol–water partition coefficient (Wildman–Crippen LogP) is 7.56. The number of thioether (sulfide) groups is 1. The van der Waals surface area contributed by atoms with Crippen LogP contribution in [0.3, 0.4) is 0 Å². The molecule has 43 heavy (non-hydrogen) atoms. The van der Waals surface area contributed by atoms with Gasteiger partial charge in [0.1, 0.15) is 0 Å². The molecule has 0 aliphatic heterocycles. The van der Waals surface area contributed by atoms with Crippen molar-refractivity contribution in [1.29, 1.82) is 0 Å². The Morgan fingerprint density at radius 3 is 2.44 bits per heavy atom. The van der Waals surface area contributed by atoms with E-state index in [2.05, 4.69) is 0 Å². The number of ketones is 1. The fraction of sp³-hybridized carbons (Fsp3) is 0.441. The van der Waals surface area contributed by atoms with E-state index in [0.29, 0.717) is 30.4 Å². The van der Waals surface area contributed by atoms with Gasteiger partial charge in [-0.25, -0.2) is 9.18 Å². The van der Waals surface area contributed by atoms with Crippen LogP contribution in [-0.4, -0.2) is 44.6 Å². The van der Waals surface area contributed by atoms with Crippen molar-refractivity contribution in [3.8, 4) is 0 Å². The summed E-state index contributed by atoms with van der Waals surface area (Å²) < 4.78 is 23.8. The Morgan fingerprint density at radius 2 is 1.74 bits per heavy atom. The molecule has 4 aliphatic carbocycles. The zero-order chi connectivity index (χ0) is 30.6. The molecule has 226 valence electrons. The molecule has 2 aromatic carbocycles. The van der Waals surface area contributed by atoms with Crippen molar-refractivity contribution < 1.29 is 28.6 Å². The zero-order valence-electron chi connectivity index (χ0n) is 24.1. The van der Waals surface area contributed by atoms with Gasteiger partial charge in [-0.15, -0.1) is 11.6 Å². The van der Waals surface area contributed by atoms with Gasteiger partial charge >= 0.3 is 5.97 Å². The number of carbonyl (C=O) groups excluding carboxylic acids is 3. The lowest BCUT2D eigenvalue weighted by Gasteiger charge is -2.62. The van der Waals surface area contributed by atoms with E-state index in [-0.39, 0.29) is 34.9 Å². The third kappa shape index (κ3) is 4.66. The Labute approximate surface area is 264 Å². The van der Waals surface area contributed by atoms with Gasteiger partial charge in [0.25, 0.3) is 0 Å². The summed E-state index contributed by atoms with van der Waals surface area (Å²) in [5.41, 5.74) is -4.77. The average molecular weight is 641 g/mol. The van der Waals surface area contributed by atoms with Crippen LogP contribution in [-0.2, 0) is 14.3 Å². The van der Waals surface area contributed by atoms with Crippen molar-refractivity contribution in [3.63, 3.8) is 0 Å². The number of allylic oxidation sites excluding steroid dienone is 4. The van der Waals surface area contributed by atoms with Gasteiger partial charge in [0, 0.05) is 26.5 Å². The Kier molecular flexibility index (Phi) is 7.98. The van der Waals surface area contributed by atoms with Crippen LogP contribution in [0.5, 0.6) is 0 Å².